The van der Waals surface area contributed by atoms with Crippen LogP contribution in [0.4, 0.5) is 0 Å². The first-order chi connectivity index (χ1) is 8.24. The van der Waals surface area contributed by atoms with Crippen molar-refractivity contribution in [3.8, 4) is 0 Å². The van der Waals surface area contributed by atoms with Crippen molar-refractivity contribution in [1.82, 2.24) is 10.2 Å². The second kappa shape index (κ2) is 8.90. The Bertz CT molecular complexity index is 181. The molecule has 3 heteroatoms. The van der Waals surface area contributed by atoms with Crippen LogP contribution in [0.2, 0.25) is 0 Å². The molecule has 0 saturated heterocycles. The maximum absolute atomic E-state index is 5.10. The highest BCUT2D eigenvalue weighted by molar-refractivity contribution is 4.73. The molecular formula is C14H30N2O. The Kier molecular flexibility index (Phi) is 7.82. The Hall–Kier alpha value is -0.120. The van der Waals surface area contributed by atoms with Crippen LogP contribution in [0.1, 0.15) is 45.4 Å². The van der Waals surface area contributed by atoms with Crippen molar-refractivity contribution < 1.29 is 4.74 Å². The highest BCUT2D eigenvalue weighted by Gasteiger charge is 2.17. The molecule has 0 aromatic carbocycles. The van der Waals surface area contributed by atoms with Gasteiger partial charge in [0.25, 0.3) is 0 Å². The molecule has 0 aromatic heterocycles. The van der Waals surface area contributed by atoms with E-state index in [1.54, 1.807) is 7.11 Å². The molecule has 1 unspecified atom stereocenters. The summed E-state index contributed by atoms with van der Waals surface area (Å²) >= 11 is 0. The van der Waals surface area contributed by atoms with Gasteiger partial charge < -0.3 is 15.0 Å². The molecule has 0 bridgehead atoms. The first-order valence-electron chi connectivity index (χ1n) is 7.16. The Morgan fingerprint density at radius 3 is 2.65 bits per heavy atom. The molecule has 1 fully saturated rings. The van der Waals surface area contributed by atoms with Gasteiger partial charge in [-0.05, 0) is 46.3 Å². The maximum Gasteiger partial charge on any atom is 0.0613 e. The number of hydrogen-bond donors (Lipinski definition) is 1. The van der Waals surface area contributed by atoms with Gasteiger partial charge in [-0.15, -0.1) is 0 Å². The van der Waals surface area contributed by atoms with Crippen LogP contribution in [-0.2, 0) is 4.74 Å². The number of rotatable bonds is 8. The topological polar surface area (TPSA) is 24.5 Å². The molecule has 3 nitrogen and oxygen atoms in total. The third-order valence-electron chi connectivity index (χ3n) is 3.80. The zero-order valence-electron chi connectivity index (χ0n) is 11.9. The summed E-state index contributed by atoms with van der Waals surface area (Å²) in [6.07, 6.45) is 8.35. The van der Waals surface area contributed by atoms with Crippen LogP contribution in [0.3, 0.4) is 0 Å². The molecule has 17 heavy (non-hydrogen) atoms. The highest BCUT2D eigenvalue weighted by atomic mass is 16.5. The summed E-state index contributed by atoms with van der Waals surface area (Å²) in [5.74, 6) is 0. The van der Waals surface area contributed by atoms with Crippen molar-refractivity contribution in [2.24, 2.45) is 0 Å². The predicted octanol–water partition coefficient (Wildman–Crippen LogP) is 2.27. The van der Waals surface area contributed by atoms with Crippen LogP contribution in [0.5, 0.6) is 0 Å². The molecule has 102 valence electrons. The Morgan fingerprint density at radius 1 is 1.29 bits per heavy atom. The lowest BCUT2D eigenvalue weighted by Crippen LogP contribution is -2.37. The second-order valence-electron chi connectivity index (χ2n) is 5.44. The number of nitrogens with zero attached hydrogens (tertiary/aromatic N) is 1. The van der Waals surface area contributed by atoms with E-state index in [0.717, 1.165) is 19.2 Å². The van der Waals surface area contributed by atoms with Crippen molar-refractivity contribution in [3.63, 3.8) is 0 Å². The molecule has 0 heterocycles. The molecule has 1 atom stereocenters. The predicted molar refractivity (Wildman–Crippen MR) is 73.5 cm³/mol. The average molecular weight is 242 g/mol. The highest BCUT2D eigenvalue weighted by Crippen LogP contribution is 2.21. The molecule has 1 saturated carbocycles. The smallest absolute Gasteiger partial charge is 0.0613 e. The number of nitrogens with one attached hydrogen (secondary N) is 1. The molecule has 0 aromatic rings. The third kappa shape index (κ3) is 6.39. The van der Waals surface area contributed by atoms with E-state index < -0.39 is 0 Å². The standard InChI is InChI=1S/C14H30N2O/c1-13(12-17-3)15-10-7-11-16(2)14-8-5-4-6-9-14/h13-15H,4-12H2,1-3H3. The van der Waals surface area contributed by atoms with Crippen LogP contribution in [0.25, 0.3) is 0 Å². The fourth-order valence-electron chi connectivity index (χ4n) is 2.69. The summed E-state index contributed by atoms with van der Waals surface area (Å²) in [7, 11) is 4.05. The molecular weight excluding hydrogens is 212 g/mol. The zero-order chi connectivity index (χ0) is 12.5. The van der Waals surface area contributed by atoms with E-state index in [9.17, 15) is 0 Å². The number of hydrogen-bond acceptors (Lipinski definition) is 3. The summed E-state index contributed by atoms with van der Waals surface area (Å²) in [6, 6.07) is 1.32. The van der Waals surface area contributed by atoms with E-state index in [2.05, 4.69) is 24.2 Å². The molecule has 1 rings (SSSR count). The van der Waals surface area contributed by atoms with Gasteiger partial charge in [0.2, 0.25) is 0 Å². The molecule has 0 aliphatic heterocycles. The Labute approximate surface area is 107 Å². The summed E-state index contributed by atoms with van der Waals surface area (Å²) in [6.45, 7) is 5.30. The fraction of sp³-hybridized carbons (Fsp3) is 1.00. The van der Waals surface area contributed by atoms with Crippen LogP contribution < -0.4 is 5.32 Å². The van der Waals surface area contributed by atoms with Gasteiger partial charge in [0.05, 0.1) is 6.61 Å². The fourth-order valence-corrected chi connectivity index (χ4v) is 2.69. The lowest BCUT2D eigenvalue weighted by molar-refractivity contribution is 0.167. The van der Waals surface area contributed by atoms with Crippen LogP contribution >= 0.6 is 0 Å². The van der Waals surface area contributed by atoms with Crippen molar-refractivity contribution >= 4 is 0 Å². The lowest BCUT2D eigenvalue weighted by atomic mass is 9.94. The van der Waals surface area contributed by atoms with Gasteiger partial charge in [-0.1, -0.05) is 19.3 Å². The van der Waals surface area contributed by atoms with Gasteiger partial charge >= 0.3 is 0 Å². The van der Waals surface area contributed by atoms with Gasteiger partial charge in [-0.2, -0.15) is 0 Å². The average Bonchev–Trinajstić information content (AvgIpc) is 2.36. The first kappa shape index (κ1) is 14.9. The summed E-state index contributed by atoms with van der Waals surface area (Å²) < 4.78 is 5.10. The van der Waals surface area contributed by atoms with Crippen molar-refractivity contribution in [2.45, 2.75) is 57.5 Å². The molecule has 1 N–H and O–H groups in total. The van der Waals surface area contributed by atoms with Crippen molar-refractivity contribution in [2.75, 3.05) is 33.9 Å². The van der Waals surface area contributed by atoms with Gasteiger partial charge in [0.1, 0.15) is 0 Å². The van der Waals surface area contributed by atoms with Gasteiger partial charge in [0.15, 0.2) is 0 Å². The quantitative estimate of drug-likeness (QED) is 0.661. The molecule has 0 radical (unpaired) electrons. The maximum atomic E-state index is 5.10. The minimum absolute atomic E-state index is 0.472. The van der Waals surface area contributed by atoms with Gasteiger partial charge in [0, 0.05) is 19.2 Å². The number of methoxy groups -OCH3 is 1. The summed E-state index contributed by atoms with van der Waals surface area (Å²) in [5.41, 5.74) is 0. The Balaban J connectivity index is 2.01. The largest absolute Gasteiger partial charge is 0.383 e. The van der Waals surface area contributed by atoms with Crippen molar-refractivity contribution in [3.05, 3.63) is 0 Å². The van der Waals surface area contributed by atoms with E-state index in [4.69, 9.17) is 4.74 Å². The molecule has 0 spiro atoms. The normalized spacial score (nSPS) is 19.8. The van der Waals surface area contributed by atoms with Crippen LogP contribution in [0.15, 0.2) is 0 Å². The second-order valence-corrected chi connectivity index (χ2v) is 5.44. The minimum atomic E-state index is 0.472. The van der Waals surface area contributed by atoms with E-state index in [1.165, 1.54) is 45.1 Å². The van der Waals surface area contributed by atoms with Crippen LogP contribution in [-0.4, -0.2) is 50.8 Å². The Morgan fingerprint density at radius 2 is 2.00 bits per heavy atom. The first-order valence-corrected chi connectivity index (χ1v) is 7.16. The lowest BCUT2D eigenvalue weighted by Gasteiger charge is -2.31. The van der Waals surface area contributed by atoms with Crippen molar-refractivity contribution in [1.29, 1.82) is 0 Å². The third-order valence-corrected chi connectivity index (χ3v) is 3.80. The van der Waals surface area contributed by atoms with E-state index in [-0.39, 0.29) is 0 Å². The molecule has 0 amide bonds. The van der Waals surface area contributed by atoms with E-state index in [1.807, 2.05) is 0 Å². The summed E-state index contributed by atoms with van der Waals surface area (Å²) in [5, 5.41) is 3.49. The SMILES string of the molecule is COCC(C)NCCCN(C)C1CCCCC1. The van der Waals surface area contributed by atoms with E-state index >= 15 is 0 Å². The molecule has 1 aliphatic rings. The zero-order valence-corrected chi connectivity index (χ0v) is 11.9. The van der Waals surface area contributed by atoms with E-state index in [0.29, 0.717) is 6.04 Å². The monoisotopic (exact) mass is 242 g/mol. The molecule has 1 aliphatic carbocycles. The number of ether oxygens (including phenoxy) is 1. The van der Waals surface area contributed by atoms with Gasteiger partial charge in [-0.3, -0.25) is 0 Å². The summed E-state index contributed by atoms with van der Waals surface area (Å²) in [4.78, 5) is 2.56. The van der Waals surface area contributed by atoms with Gasteiger partial charge in [-0.25, -0.2) is 0 Å². The minimum Gasteiger partial charge on any atom is -0.383 e. The van der Waals surface area contributed by atoms with Crippen LogP contribution in [0, 0.1) is 0 Å².